The van der Waals surface area contributed by atoms with E-state index in [0.717, 1.165) is 58.4 Å². The summed E-state index contributed by atoms with van der Waals surface area (Å²) >= 11 is 0. The van der Waals surface area contributed by atoms with Gasteiger partial charge in [0.15, 0.2) is 0 Å². The lowest BCUT2D eigenvalue weighted by atomic mass is 10.1. The number of carbonyl (C=O) groups is 1. The number of amides is 1. The molecule has 2 heterocycles. The number of hydrogen-bond acceptors (Lipinski definition) is 4. The zero-order valence-corrected chi connectivity index (χ0v) is 15.2. The number of hydrogen-bond donors (Lipinski definition) is 0. The van der Waals surface area contributed by atoms with Gasteiger partial charge in [-0.25, -0.2) is 8.42 Å². The quantitative estimate of drug-likeness (QED) is 0.694. The number of piperazine rings is 1. The normalized spacial score (nSPS) is 21.5. The molecule has 1 amide bonds. The molecule has 0 saturated carbocycles. The SMILES string of the molecule is CCCCS(=O)(=O)N1CCN(CCC(=O)N2CCCCC2)CC1. The summed E-state index contributed by atoms with van der Waals surface area (Å²) in [6.45, 7) is 7.15. The van der Waals surface area contributed by atoms with Crippen molar-refractivity contribution in [2.45, 2.75) is 45.4 Å². The van der Waals surface area contributed by atoms with Crippen LogP contribution in [0.5, 0.6) is 0 Å². The summed E-state index contributed by atoms with van der Waals surface area (Å²) < 4.78 is 26.0. The van der Waals surface area contributed by atoms with Crippen LogP contribution in [0, 0.1) is 0 Å². The van der Waals surface area contributed by atoms with E-state index in [1.165, 1.54) is 6.42 Å². The molecule has 134 valence electrons. The van der Waals surface area contributed by atoms with Gasteiger partial charge in [0, 0.05) is 52.2 Å². The van der Waals surface area contributed by atoms with Gasteiger partial charge in [-0.3, -0.25) is 4.79 Å². The van der Waals surface area contributed by atoms with E-state index in [4.69, 9.17) is 0 Å². The van der Waals surface area contributed by atoms with Crippen LogP contribution in [-0.2, 0) is 14.8 Å². The van der Waals surface area contributed by atoms with E-state index in [2.05, 4.69) is 4.90 Å². The van der Waals surface area contributed by atoms with Crippen LogP contribution in [0.25, 0.3) is 0 Å². The van der Waals surface area contributed by atoms with E-state index in [1.54, 1.807) is 4.31 Å². The molecule has 2 rings (SSSR count). The molecule has 2 saturated heterocycles. The molecule has 0 aromatic heterocycles. The van der Waals surface area contributed by atoms with Crippen LogP contribution in [0.3, 0.4) is 0 Å². The lowest BCUT2D eigenvalue weighted by molar-refractivity contribution is -0.132. The maximum atomic E-state index is 12.2. The van der Waals surface area contributed by atoms with E-state index < -0.39 is 10.0 Å². The molecule has 0 aliphatic carbocycles. The average Bonchev–Trinajstić information content (AvgIpc) is 2.59. The smallest absolute Gasteiger partial charge is 0.223 e. The molecule has 23 heavy (non-hydrogen) atoms. The molecule has 2 fully saturated rings. The van der Waals surface area contributed by atoms with E-state index in [0.29, 0.717) is 19.5 Å². The Bertz CT molecular complexity index is 467. The Morgan fingerprint density at radius 3 is 2.22 bits per heavy atom. The maximum absolute atomic E-state index is 12.2. The summed E-state index contributed by atoms with van der Waals surface area (Å²) in [4.78, 5) is 16.4. The van der Waals surface area contributed by atoms with E-state index in [-0.39, 0.29) is 11.7 Å². The Balaban J connectivity index is 1.69. The zero-order chi connectivity index (χ0) is 16.7. The molecule has 2 aliphatic rings. The number of piperidine rings is 1. The Morgan fingerprint density at radius 1 is 0.957 bits per heavy atom. The third kappa shape index (κ3) is 5.72. The summed E-state index contributed by atoms with van der Waals surface area (Å²) in [6.07, 6.45) is 5.67. The van der Waals surface area contributed by atoms with Gasteiger partial charge in [0.1, 0.15) is 0 Å². The molecular weight excluding hydrogens is 314 g/mol. The molecular formula is C16H31N3O3S. The highest BCUT2D eigenvalue weighted by Crippen LogP contribution is 2.12. The topological polar surface area (TPSA) is 60.9 Å². The van der Waals surface area contributed by atoms with Crippen molar-refractivity contribution in [1.82, 2.24) is 14.1 Å². The van der Waals surface area contributed by atoms with Gasteiger partial charge < -0.3 is 9.80 Å². The largest absolute Gasteiger partial charge is 0.343 e. The molecule has 0 aromatic rings. The van der Waals surface area contributed by atoms with E-state index in [9.17, 15) is 13.2 Å². The van der Waals surface area contributed by atoms with Crippen LogP contribution in [-0.4, -0.2) is 80.0 Å². The Kier molecular flexibility index (Phi) is 7.30. The summed E-state index contributed by atoms with van der Waals surface area (Å²) in [5.74, 6) is 0.513. The summed E-state index contributed by atoms with van der Waals surface area (Å²) in [5, 5.41) is 0. The fraction of sp³-hybridized carbons (Fsp3) is 0.938. The first-order chi connectivity index (χ1) is 11.0. The molecule has 0 spiro atoms. The zero-order valence-electron chi connectivity index (χ0n) is 14.4. The van der Waals surface area contributed by atoms with Gasteiger partial charge in [-0.15, -0.1) is 0 Å². The average molecular weight is 346 g/mol. The first-order valence-corrected chi connectivity index (χ1v) is 10.6. The maximum Gasteiger partial charge on any atom is 0.223 e. The van der Waals surface area contributed by atoms with Gasteiger partial charge in [-0.2, -0.15) is 4.31 Å². The third-order valence-corrected chi connectivity index (χ3v) is 6.79. The van der Waals surface area contributed by atoms with Crippen molar-refractivity contribution < 1.29 is 13.2 Å². The third-order valence-electron chi connectivity index (χ3n) is 4.83. The van der Waals surface area contributed by atoms with Crippen molar-refractivity contribution >= 4 is 15.9 Å². The number of rotatable bonds is 7. The van der Waals surface area contributed by atoms with Crippen molar-refractivity contribution in [2.75, 3.05) is 51.6 Å². The second-order valence-corrected chi connectivity index (χ2v) is 8.69. The predicted molar refractivity (Wildman–Crippen MR) is 91.8 cm³/mol. The first-order valence-electron chi connectivity index (χ1n) is 9.01. The van der Waals surface area contributed by atoms with Gasteiger partial charge in [0.05, 0.1) is 5.75 Å². The number of likely N-dealkylation sites (tertiary alicyclic amines) is 1. The lowest BCUT2D eigenvalue weighted by Gasteiger charge is -2.34. The molecule has 0 bridgehead atoms. The number of nitrogens with zero attached hydrogens (tertiary/aromatic N) is 3. The molecule has 0 aromatic carbocycles. The van der Waals surface area contributed by atoms with Gasteiger partial charge in [-0.1, -0.05) is 13.3 Å². The number of carbonyl (C=O) groups excluding carboxylic acids is 1. The Morgan fingerprint density at radius 2 is 1.61 bits per heavy atom. The van der Waals surface area contributed by atoms with Gasteiger partial charge in [0.2, 0.25) is 15.9 Å². The van der Waals surface area contributed by atoms with E-state index >= 15 is 0 Å². The van der Waals surface area contributed by atoms with E-state index in [1.807, 2.05) is 11.8 Å². The van der Waals surface area contributed by atoms with Crippen molar-refractivity contribution in [2.24, 2.45) is 0 Å². The number of unbranched alkanes of at least 4 members (excludes halogenated alkanes) is 1. The highest BCUT2D eigenvalue weighted by Gasteiger charge is 2.26. The van der Waals surface area contributed by atoms with Crippen LogP contribution >= 0.6 is 0 Å². The van der Waals surface area contributed by atoms with Crippen molar-refractivity contribution in [3.8, 4) is 0 Å². The van der Waals surface area contributed by atoms with Crippen LogP contribution in [0.1, 0.15) is 45.4 Å². The van der Waals surface area contributed by atoms with Crippen LogP contribution in [0.4, 0.5) is 0 Å². The fourth-order valence-electron chi connectivity index (χ4n) is 3.24. The number of sulfonamides is 1. The summed E-state index contributed by atoms with van der Waals surface area (Å²) in [7, 11) is -3.09. The minimum Gasteiger partial charge on any atom is -0.343 e. The van der Waals surface area contributed by atoms with Gasteiger partial charge in [0.25, 0.3) is 0 Å². The van der Waals surface area contributed by atoms with Crippen LogP contribution in [0.2, 0.25) is 0 Å². The van der Waals surface area contributed by atoms with Crippen molar-refractivity contribution in [3.63, 3.8) is 0 Å². The lowest BCUT2D eigenvalue weighted by Crippen LogP contribution is -2.50. The molecule has 0 unspecified atom stereocenters. The standard InChI is InChI=1S/C16H31N3O3S/c1-2-3-15-23(21,22)19-13-11-17(12-14-19)10-7-16(20)18-8-5-4-6-9-18/h2-15H2,1H3. The second kappa shape index (κ2) is 8.99. The highest BCUT2D eigenvalue weighted by molar-refractivity contribution is 7.89. The van der Waals surface area contributed by atoms with Crippen molar-refractivity contribution in [3.05, 3.63) is 0 Å². The molecule has 0 N–H and O–H groups in total. The van der Waals surface area contributed by atoms with Gasteiger partial charge >= 0.3 is 0 Å². The Labute approximate surface area is 140 Å². The molecule has 0 atom stereocenters. The Hall–Kier alpha value is -0.660. The first kappa shape index (κ1) is 18.7. The fourth-order valence-corrected chi connectivity index (χ4v) is 4.87. The van der Waals surface area contributed by atoms with Crippen molar-refractivity contribution in [1.29, 1.82) is 0 Å². The minimum atomic E-state index is -3.09. The molecule has 0 radical (unpaired) electrons. The molecule has 6 nitrogen and oxygen atoms in total. The summed E-state index contributed by atoms with van der Waals surface area (Å²) in [5.41, 5.74) is 0. The molecule has 2 aliphatic heterocycles. The van der Waals surface area contributed by atoms with Gasteiger partial charge in [-0.05, 0) is 25.7 Å². The highest BCUT2D eigenvalue weighted by atomic mass is 32.2. The summed E-state index contributed by atoms with van der Waals surface area (Å²) in [6, 6.07) is 0. The van der Waals surface area contributed by atoms with Crippen LogP contribution in [0.15, 0.2) is 0 Å². The minimum absolute atomic E-state index is 0.252. The monoisotopic (exact) mass is 345 g/mol. The molecule has 7 heteroatoms. The second-order valence-electron chi connectivity index (χ2n) is 6.60. The van der Waals surface area contributed by atoms with Crippen LogP contribution < -0.4 is 0 Å². The predicted octanol–water partition coefficient (Wildman–Crippen LogP) is 1.14.